The van der Waals surface area contributed by atoms with Gasteiger partial charge >= 0.3 is 0 Å². The van der Waals surface area contributed by atoms with Crippen LogP contribution in [0.1, 0.15) is 10.4 Å². The third-order valence-corrected chi connectivity index (χ3v) is 6.48. The summed E-state index contributed by atoms with van der Waals surface area (Å²) in [7, 11) is 2.06. The van der Waals surface area contributed by atoms with Crippen LogP contribution >= 0.6 is 11.3 Å². The number of H-pyrrole nitrogens is 1. The van der Waals surface area contributed by atoms with Crippen molar-refractivity contribution in [2.75, 3.05) is 33.2 Å². The second-order valence-electron chi connectivity index (χ2n) is 7.68. The number of fused-ring (bicyclic) bond motifs is 1. The summed E-state index contributed by atoms with van der Waals surface area (Å²) in [6.45, 7) is 3.17. The number of aromatic nitrogens is 3. The van der Waals surface area contributed by atoms with Gasteiger partial charge in [0, 0.05) is 60.6 Å². The number of thiazole rings is 1. The molecule has 7 nitrogen and oxygen atoms in total. The van der Waals surface area contributed by atoms with Crippen LogP contribution in [0.15, 0.2) is 59.0 Å². The minimum atomic E-state index is -0.219. The largest absolute Gasteiger partial charge is 0.336 e. The van der Waals surface area contributed by atoms with E-state index in [9.17, 15) is 9.59 Å². The molecule has 4 heterocycles. The quantitative estimate of drug-likeness (QED) is 0.539. The second kappa shape index (κ2) is 8.05. The normalized spacial score (nSPS) is 14.8. The van der Waals surface area contributed by atoms with Gasteiger partial charge in [-0.25, -0.2) is 4.98 Å². The van der Waals surface area contributed by atoms with Crippen LogP contribution in [0, 0.1) is 0 Å². The summed E-state index contributed by atoms with van der Waals surface area (Å²) in [5, 5.41) is 3.59. The maximum Gasteiger partial charge on any atom is 0.257 e. The van der Waals surface area contributed by atoms with Crippen molar-refractivity contribution in [3.63, 3.8) is 0 Å². The standard InChI is InChI=1S/C23H21N5O2S/c1-27-8-10-28(11-9-27)23(30)17-3-2-16-12-18(21(29)25-19(16)13-17)20-14-31-22(26-20)15-4-6-24-7-5-15/h2-7,12-14H,8-11H2,1H3,(H,25,29). The van der Waals surface area contributed by atoms with E-state index >= 15 is 0 Å². The van der Waals surface area contributed by atoms with Gasteiger partial charge in [0.25, 0.3) is 11.5 Å². The highest BCUT2D eigenvalue weighted by atomic mass is 32.1. The molecule has 1 saturated heterocycles. The lowest BCUT2D eigenvalue weighted by Crippen LogP contribution is -2.47. The number of pyridine rings is 2. The Morgan fingerprint density at radius 3 is 2.61 bits per heavy atom. The van der Waals surface area contributed by atoms with E-state index in [4.69, 9.17) is 0 Å². The molecular formula is C23H21N5O2S. The number of nitrogens with one attached hydrogen (secondary N) is 1. The van der Waals surface area contributed by atoms with E-state index in [2.05, 4.69) is 26.9 Å². The first kappa shape index (κ1) is 19.6. The van der Waals surface area contributed by atoms with E-state index in [1.54, 1.807) is 18.5 Å². The number of amides is 1. The fourth-order valence-corrected chi connectivity index (χ4v) is 4.57. The zero-order valence-electron chi connectivity index (χ0n) is 17.0. The van der Waals surface area contributed by atoms with Crippen molar-refractivity contribution in [2.24, 2.45) is 0 Å². The third-order valence-electron chi connectivity index (χ3n) is 5.59. The van der Waals surface area contributed by atoms with Gasteiger partial charge in [-0.3, -0.25) is 14.6 Å². The highest BCUT2D eigenvalue weighted by Gasteiger charge is 2.21. The van der Waals surface area contributed by atoms with Crippen molar-refractivity contribution in [3.05, 3.63) is 70.1 Å². The summed E-state index contributed by atoms with van der Waals surface area (Å²) in [5.74, 6) is 0.00131. The first-order valence-corrected chi connectivity index (χ1v) is 11.0. The maximum atomic E-state index is 12.9. The average molecular weight is 432 g/mol. The van der Waals surface area contributed by atoms with E-state index in [-0.39, 0.29) is 11.5 Å². The molecule has 0 saturated carbocycles. The first-order chi connectivity index (χ1) is 15.1. The molecule has 1 N–H and O–H groups in total. The number of aromatic amines is 1. The van der Waals surface area contributed by atoms with Crippen LogP contribution in [-0.4, -0.2) is 63.9 Å². The Balaban J connectivity index is 1.45. The van der Waals surface area contributed by atoms with E-state index in [1.165, 1.54) is 11.3 Å². The topological polar surface area (TPSA) is 82.2 Å². The predicted octanol–water partition coefficient (Wildman–Crippen LogP) is 3.10. The number of hydrogen-bond donors (Lipinski definition) is 1. The smallest absolute Gasteiger partial charge is 0.257 e. The number of nitrogens with zero attached hydrogens (tertiary/aromatic N) is 4. The zero-order valence-corrected chi connectivity index (χ0v) is 17.9. The minimum Gasteiger partial charge on any atom is -0.336 e. The Hall–Kier alpha value is -3.36. The van der Waals surface area contributed by atoms with Crippen molar-refractivity contribution >= 4 is 28.1 Å². The highest BCUT2D eigenvalue weighted by Crippen LogP contribution is 2.28. The van der Waals surface area contributed by atoms with Gasteiger partial charge in [0.15, 0.2) is 0 Å². The summed E-state index contributed by atoms with van der Waals surface area (Å²) >= 11 is 1.49. The molecule has 1 fully saturated rings. The molecule has 31 heavy (non-hydrogen) atoms. The molecule has 1 aliphatic rings. The molecular weight excluding hydrogens is 410 g/mol. The average Bonchev–Trinajstić information content (AvgIpc) is 3.29. The summed E-state index contributed by atoms with van der Waals surface area (Å²) < 4.78 is 0. The Bertz CT molecular complexity index is 1310. The molecule has 0 radical (unpaired) electrons. The Labute approximate surface area is 183 Å². The number of rotatable bonds is 3. The minimum absolute atomic E-state index is 0.00131. The summed E-state index contributed by atoms with van der Waals surface area (Å²) in [5.41, 5.74) is 3.14. The second-order valence-corrected chi connectivity index (χ2v) is 8.54. The summed E-state index contributed by atoms with van der Waals surface area (Å²) in [6, 6.07) is 11.1. The molecule has 4 aromatic rings. The van der Waals surface area contributed by atoms with Crippen LogP contribution in [0.2, 0.25) is 0 Å². The van der Waals surface area contributed by atoms with Crippen LogP contribution in [0.25, 0.3) is 32.7 Å². The van der Waals surface area contributed by atoms with Gasteiger partial charge in [-0.15, -0.1) is 11.3 Å². The lowest BCUT2D eigenvalue weighted by Gasteiger charge is -2.32. The molecule has 1 amide bonds. The number of hydrogen-bond acceptors (Lipinski definition) is 6. The summed E-state index contributed by atoms with van der Waals surface area (Å²) in [4.78, 5) is 41.3. The van der Waals surface area contributed by atoms with E-state index in [0.29, 0.717) is 35.4 Å². The van der Waals surface area contributed by atoms with Crippen molar-refractivity contribution < 1.29 is 4.79 Å². The van der Waals surface area contributed by atoms with Gasteiger partial charge in [0.2, 0.25) is 0 Å². The number of likely N-dealkylation sites (N-methyl/N-ethyl adjacent to an activating group) is 1. The highest BCUT2D eigenvalue weighted by molar-refractivity contribution is 7.13. The molecule has 0 atom stereocenters. The lowest BCUT2D eigenvalue weighted by atomic mass is 10.1. The van der Waals surface area contributed by atoms with Gasteiger partial charge < -0.3 is 14.8 Å². The molecule has 0 aliphatic carbocycles. The maximum absolute atomic E-state index is 12.9. The van der Waals surface area contributed by atoms with E-state index < -0.39 is 0 Å². The fourth-order valence-electron chi connectivity index (χ4n) is 3.74. The Morgan fingerprint density at radius 1 is 1.06 bits per heavy atom. The van der Waals surface area contributed by atoms with E-state index in [1.807, 2.05) is 40.6 Å². The lowest BCUT2D eigenvalue weighted by molar-refractivity contribution is 0.0664. The van der Waals surface area contributed by atoms with Crippen molar-refractivity contribution in [1.82, 2.24) is 24.8 Å². The Kier molecular flexibility index (Phi) is 5.09. The van der Waals surface area contributed by atoms with Gasteiger partial charge in [-0.2, -0.15) is 0 Å². The van der Waals surface area contributed by atoms with Gasteiger partial charge in [0.05, 0.1) is 11.3 Å². The number of piperazine rings is 1. The molecule has 5 rings (SSSR count). The molecule has 8 heteroatoms. The van der Waals surface area contributed by atoms with Crippen molar-refractivity contribution in [1.29, 1.82) is 0 Å². The first-order valence-electron chi connectivity index (χ1n) is 10.1. The van der Waals surface area contributed by atoms with Crippen LogP contribution in [-0.2, 0) is 0 Å². The Morgan fingerprint density at radius 2 is 1.84 bits per heavy atom. The fraction of sp³-hybridized carbons (Fsp3) is 0.217. The van der Waals surface area contributed by atoms with Gasteiger partial charge in [0.1, 0.15) is 5.01 Å². The van der Waals surface area contributed by atoms with Gasteiger partial charge in [-0.1, -0.05) is 6.07 Å². The van der Waals surface area contributed by atoms with Crippen molar-refractivity contribution in [2.45, 2.75) is 0 Å². The number of carbonyl (C=O) groups excluding carboxylic acids is 1. The van der Waals surface area contributed by atoms with Crippen LogP contribution in [0.4, 0.5) is 0 Å². The molecule has 0 bridgehead atoms. The predicted molar refractivity (Wildman–Crippen MR) is 122 cm³/mol. The molecule has 156 valence electrons. The zero-order chi connectivity index (χ0) is 21.4. The third kappa shape index (κ3) is 3.87. The van der Waals surface area contributed by atoms with E-state index in [0.717, 1.165) is 29.0 Å². The van der Waals surface area contributed by atoms with Crippen LogP contribution in [0.5, 0.6) is 0 Å². The molecule has 1 aromatic carbocycles. The molecule has 0 unspecified atom stereocenters. The van der Waals surface area contributed by atoms with Crippen LogP contribution < -0.4 is 5.56 Å². The van der Waals surface area contributed by atoms with Crippen LogP contribution in [0.3, 0.4) is 0 Å². The monoisotopic (exact) mass is 431 g/mol. The number of benzene rings is 1. The van der Waals surface area contributed by atoms with Crippen molar-refractivity contribution in [3.8, 4) is 21.8 Å². The molecule has 1 aliphatic heterocycles. The van der Waals surface area contributed by atoms with Gasteiger partial charge in [-0.05, 0) is 42.8 Å². The summed E-state index contributed by atoms with van der Waals surface area (Å²) in [6.07, 6.45) is 3.44. The molecule has 3 aromatic heterocycles. The molecule has 0 spiro atoms. The number of carbonyl (C=O) groups is 1. The SMILES string of the molecule is CN1CCN(C(=O)c2ccc3cc(-c4csc(-c5ccncc5)n4)c(=O)[nH]c3c2)CC1.